The maximum atomic E-state index is 12.8. The fourth-order valence-corrected chi connectivity index (χ4v) is 7.00. The molecule has 0 heterocycles. The average Bonchev–Trinajstić information content (AvgIpc) is 3.24. The van der Waals surface area contributed by atoms with Gasteiger partial charge >= 0.3 is 17.9 Å². The third-order valence-electron chi connectivity index (χ3n) is 10.8. The predicted octanol–water partition coefficient (Wildman–Crippen LogP) is 16.5. The van der Waals surface area contributed by atoms with Crippen LogP contribution in [0.5, 0.6) is 0 Å². The number of unbranched alkanes of at least 4 members (excludes halogenated alkanes) is 26. The summed E-state index contributed by atoms with van der Waals surface area (Å²) >= 11 is 0. The Morgan fingerprint density at radius 3 is 1.17 bits per heavy atom. The Morgan fingerprint density at radius 1 is 0.367 bits per heavy atom. The van der Waals surface area contributed by atoms with E-state index in [0.717, 1.165) is 83.5 Å². The zero-order valence-electron chi connectivity index (χ0n) is 39.5. The van der Waals surface area contributed by atoms with E-state index in [1.807, 2.05) is 0 Å². The van der Waals surface area contributed by atoms with E-state index >= 15 is 0 Å². The van der Waals surface area contributed by atoms with E-state index < -0.39 is 6.10 Å². The minimum absolute atomic E-state index is 0.0804. The normalized spacial score (nSPS) is 12.5. The molecule has 0 radical (unpaired) electrons. The van der Waals surface area contributed by atoms with Gasteiger partial charge in [-0.25, -0.2) is 0 Å². The zero-order valence-corrected chi connectivity index (χ0v) is 39.5. The molecular formula is C54H94O6. The Hall–Kier alpha value is -2.89. The minimum Gasteiger partial charge on any atom is -0.462 e. The lowest BCUT2D eigenvalue weighted by Crippen LogP contribution is -2.30. The van der Waals surface area contributed by atoms with Crippen molar-refractivity contribution >= 4 is 17.9 Å². The van der Waals surface area contributed by atoms with Gasteiger partial charge in [0.05, 0.1) is 0 Å². The van der Waals surface area contributed by atoms with Gasteiger partial charge in [-0.1, -0.05) is 216 Å². The van der Waals surface area contributed by atoms with Crippen LogP contribution in [0.1, 0.15) is 245 Å². The topological polar surface area (TPSA) is 78.9 Å². The lowest BCUT2D eigenvalue weighted by Gasteiger charge is -2.18. The second-order valence-electron chi connectivity index (χ2n) is 16.8. The van der Waals surface area contributed by atoms with Gasteiger partial charge in [-0.3, -0.25) is 14.4 Å². The van der Waals surface area contributed by atoms with Crippen LogP contribution in [0.3, 0.4) is 0 Å². The largest absolute Gasteiger partial charge is 0.462 e. The van der Waals surface area contributed by atoms with Gasteiger partial charge in [-0.15, -0.1) is 0 Å². The molecule has 0 aromatic rings. The number of esters is 3. The predicted molar refractivity (Wildman–Crippen MR) is 256 cm³/mol. The minimum atomic E-state index is -0.780. The van der Waals surface area contributed by atoms with Crippen LogP contribution in [0, 0.1) is 0 Å². The van der Waals surface area contributed by atoms with E-state index in [1.165, 1.54) is 122 Å². The summed E-state index contributed by atoms with van der Waals surface area (Å²) in [6.45, 7) is 6.46. The zero-order chi connectivity index (χ0) is 43.7. The van der Waals surface area contributed by atoms with Crippen molar-refractivity contribution in [3.05, 3.63) is 60.8 Å². The fraction of sp³-hybridized carbons (Fsp3) is 0.759. The third-order valence-corrected chi connectivity index (χ3v) is 10.8. The van der Waals surface area contributed by atoms with Crippen LogP contribution in [0.25, 0.3) is 0 Å². The third kappa shape index (κ3) is 46.2. The summed E-state index contributed by atoms with van der Waals surface area (Å²) in [5.41, 5.74) is 0. The van der Waals surface area contributed by atoms with Crippen molar-refractivity contribution in [2.75, 3.05) is 13.2 Å². The molecule has 0 amide bonds. The quantitative estimate of drug-likeness (QED) is 0.0200. The monoisotopic (exact) mass is 839 g/mol. The molecular weight excluding hydrogens is 745 g/mol. The van der Waals surface area contributed by atoms with Crippen LogP contribution in [0.15, 0.2) is 60.8 Å². The summed E-state index contributed by atoms with van der Waals surface area (Å²) < 4.78 is 16.8. The maximum Gasteiger partial charge on any atom is 0.306 e. The summed E-state index contributed by atoms with van der Waals surface area (Å²) in [5.74, 6) is -0.899. The molecule has 0 aromatic carbocycles. The van der Waals surface area contributed by atoms with Gasteiger partial charge in [-0.2, -0.15) is 0 Å². The van der Waals surface area contributed by atoms with Gasteiger partial charge < -0.3 is 14.2 Å². The molecule has 0 aliphatic rings. The van der Waals surface area contributed by atoms with Crippen molar-refractivity contribution in [2.45, 2.75) is 252 Å². The van der Waals surface area contributed by atoms with Crippen molar-refractivity contribution in [1.29, 1.82) is 0 Å². The number of allylic oxidation sites excluding steroid dienone is 10. The van der Waals surface area contributed by atoms with Crippen LogP contribution >= 0.6 is 0 Å². The van der Waals surface area contributed by atoms with Gasteiger partial charge in [0.15, 0.2) is 6.10 Å². The molecule has 0 aliphatic carbocycles. The van der Waals surface area contributed by atoms with Crippen molar-refractivity contribution in [1.82, 2.24) is 0 Å². The highest BCUT2D eigenvalue weighted by molar-refractivity contribution is 5.71. The Labute approximate surface area is 370 Å². The Balaban J connectivity index is 4.37. The second-order valence-corrected chi connectivity index (χ2v) is 16.8. The van der Waals surface area contributed by atoms with E-state index in [9.17, 15) is 14.4 Å². The molecule has 0 fully saturated rings. The van der Waals surface area contributed by atoms with E-state index in [4.69, 9.17) is 14.2 Å². The Bertz CT molecular complexity index is 1100. The van der Waals surface area contributed by atoms with Crippen molar-refractivity contribution in [3.63, 3.8) is 0 Å². The van der Waals surface area contributed by atoms with Crippen LogP contribution in [0.2, 0.25) is 0 Å². The molecule has 6 nitrogen and oxygen atoms in total. The second kappa shape index (κ2) is 48.8. The van der Waals surface area contributed by atoms with E-state index in [1.54, 1.807) is 0 Å². The molecule has 1 atom stereocenters. The van der Waals surface area contributed by atoms with Crippen molar-refractivity contribution in [3.8, 4) is 0 Å². The molecule has 0 bridgehead atoms. The summed E-state index contributed by atoms with van der Waals surface area (Å²) in [6.07, 6.45) is 59.1. The smallest absolute Gasteiger partial charge is 0.306 e. The molecule has 0 aromatic heterocycles. The number of rotatable bonds is 45. The van der Waals surface area contributed by atoms with Gasteiger partial charge in [0.2, 0.25) is 0 Å². The number of carbonyl (C=O) groups excluding carboxylic acids is 3. The summed E-state index contributed by atoms with van der Waals surface area (Å²) in [5, 5.41) is 0. The Morgan fingerprint density at radius 2 is 0.717 bits per heavy atom. The molecule has 0 aliphatic heterocycles. The Kier molecular flexibility index (Phi) is 46.4. The molecule has 0 saturated carbocycles. The van der Waals surface area contributed by atoms with Crippen molar-refractivity contribution in [2.24, 2.45) is 0 Å². The van der Waals surface area contributed by atoms with E-state index in [-0.39, 0.29) is 31.1 Å². The molecule has 346 valence electrons. The van der Waals surface area contributed by atoms with Crippen LogP contribution in [0.4, 0.5) is 0 Å². The average molecular weight is 839 g/mol. The van der Waals surface area contributed by atoms with Crippen LogP contribution in [-0.4, -0.2) is 37.2 Å². The molecule has 0 spiro atoms. The highest BCUT2D eigenvalue weighted by atomic mass is 16.6. The molecule has 6 heteroatoms. The highest BCUT2D eigenvalue weighted by Gasteiger charge is 2.19. The molecule has 0 rings (SSSR count). The number of hydrogen-bond acceptors (Lipinski definition) is 6. The first kappa shape index (κ1) is 57.1. The summed E-state index contributed by atoms with van der Waals surface area (Å²) in [4.78, 5) is 37.9. The maximum absolute atomic E-state index is 12.8. The fourth-order valence-electron chi connectivity index (χ4n) is 7.00. The molecule has 0 saturated heterocycles. The summed E-state index contributed by atoms with van der Waals surface area (Å²) in [6, 6.07) is 0. The van der Waals surface area contributed by atoms with Gasteiger partial charge in [0.1, 0.15) is 13.2 Å². The lowest BCUT2D eigenvalue weighted by atomic mass is 10.1. The molecule has 1 unspecified atom stereocenters. The van der Waals surface area contributed by atoms with Crippen molar-refractivity contribution < 1.29 is 28.6 Å². The van der Waals surface area contributed by atoms with E-state index in [0.29, 0.717) is 19.3 Å². The van der Waals surface area contributed by atoms with Crippen LogP contribution in [-0.2, 0) is 28.6 Å². The van der Waals surface area contributed by atoms with Gasteiger partial charge in [-0.05, 0) is 70.6 Å². The lowest BCUT2D eigenvalue weighted by molar-refractivity contribution is -0.167. The van der Waals surface area contributed by atoms with Crippen LogP contribution < -0.4 is 0 Å². The number of carbonyl (C=O) groups is 3. The first-order valence-corrected chi connectivity index (χ1v) is 25.3. The first-order chi connectivity index (χ1) is 29.5. The number of ether oxygens (including phenoxy) is 3. The SMILES string of the molecule is CC\C=C/C=C\C=C/CCCCCCCCCC(=O)OC(COC(=O)CCCCCCCCC/C=C\C/C=C\CCCCC)COC(=O)CCCCCCCCCCCC. The highest BCUT2D eigenvalue weighted by Crippen LogP contribution is 2.15. The molecule has 0 N–H and O–H groups in total. The van der Waals surface area contributed by atoms with Gasteiger partial charge in [0, 0.05) is 19.3 Å². The summed E-state index contributed by atoms with van der Waals surface area (Å²) in [7, 11) is 0. The molecule has 60 heavy (non-hydrogen) atoms. The van der Waals surface area contributed by atoms with E-state index in [2.05, 4.69) is 81.5 Å². The number of hydrogen-bond donors (Lipinski definition) is 0. The standard InChI is InChI=1S/C54H94O6/c1-4-7-10-13-16-19-22-24-26-27-29-30-32-35-38-41-44-47-53(56)59-50-51(49-58-52(55)46-43-40-37-34-21-18-15-12-9-6-3)60-54(57)48-45-42-39-36-33-31-28-25-23-20-17-14-11-8-5-2/h8,11,14,16-17,19-20,23-24,26,51H,4-7,9-10,12-13,15,18,21-22,25,27-50H2,1-3H3/b11-8-,17-14-,19-16-,23-20-,26-24-. The van der Waals surface area contributed by atoms with Gasteiger partial charge in [0.25, 0.3) is 0 Å². The first-order valence-electron chi connectivity index (χ1n) is 25.3.